The Hall–Kier alpha value is -1.04. The number of allylic oxidation sites excluding steroid dienone is 1. The second kappa shape index (κ2) is 3.37. The van der Waals surface area contributed by atoms with Crippen LogP contribution in [-0.2, 0) is 12.8 Å². The topological polar surface area (TPSA) is 0 Å². The van der Waals surface area contributed by atoms with E-state index in [9.17, 15) is 0 Å². The van der Waals surface area contributed by atoms with E-state index >= 15 is 0 Å². The molecule has 0 heteroatoms. The molecule has 0 bridgehead atoms. The highest BCUT2D eigenvalue weighted by atomic mass is 14.1. The van der Waals surface area contributed by atoms with E-state index in [1.54, 1.807) is 11.1 Å². The quantitative estimate of drug-likeness (QED) is 0.607. The Bertz CT molecular complexity index is 341. The van der Waals surface area contributed by atoms with Crippen LogP contribution in [-0.4, -0.2) is 0 Å². The molecule has 0 radical (unpaired) electrons. The summed E-state index contributed by atoms with van der Waals surface area (Å²) in [5.74, 6) is 0. The van der Waals surface area contributed by atoms with E-state index < -0.39 is 0 Å². The Labute approximate surface area is 80.3 Å². The van der Waals surface area contributed by atoms with Crippen LogP contribution in [0.25, 0.3) is 6.08 Å². The van der Waals surface area contributed by atoms with E-state index in [0.717, 1.165) is 0 Å². The van der Waals surface area contributed by atoms with Gasteiger partial charge in [0.05, 0.1) is 0 Å². The van der Waals surface area contributed by atoms with E-state index in [2.05, 4.69) is 38.1 Å². The van der Waals surface area contributed by atoms with Crippen molar-refractivity contribution in [3.05, 3.63) is 40.5 Å². The average molecular weight is 172 g/mol. The molecule has 13 heavy (non-hydrogen) atoms. The van der Waals surface area contributed by atoms with Gasteiger partial charge in [0.15, 0.2) is 0 Å². The monoisotopic (exact) mass is 172 g/mol. The van der Waals surface area contributed by atoms with Crippen LogP contribution in [0.2, 0.25) is 0 Å². The Morgan fingerprint density at radius 2 is 1.92 bits per heavy atom. The minimum atomic E-state index is 1.28. The van der Waals surface area contributed by atoms with E-state index in [0.29, 0.717) is 0 Å². The van der Waals surface area contributed by atoms with Crippen LogP contribution in [0.15, 0.2) is 23.8 Å². The normalized spacial score (nSPS) is 14.0. The third-order valence-electron chi connectivity index (χ3n) is 2.58. The first-order chi connectivity index (χ1) is 6.25. The van der Waals surface area contributed by atoms with Crippen LogP contribution >= 0.6 is 0 Å². The molecule has 0 atom stereocenters. The Kier molecular flexibility index (Phi) is 2.22. The van der Waals surface area contributed by atoms with E-state index in [1.807, 2.05) is 0 Å². The lowest BCUT2D eigenvalue weighted by molar-refractivity contribution is 0.912. The number of aryl methyl sites for hydroxylation is 2. The third-order valence-corrected chi connectivity index (χ3v) is 2.58. The largest absolute Gasteiger partial charge is 0.0758 e. The highest BCUT2D eigenvalue weighted by Crippen LogP contribution is 2.23. The van der Waals surface area contributed by atoms with Crippen molar-refractivity contribution in [2.24, 2.45) is 0 Å². The summed E-state index contributed by atoms with van der Waals surface area (Å²) in [6.07, 6.45) is 6.15. The van der Waals surface area contributed by atoms with Gasteiger partial charge in [-0.3, -0.25) is 0 Å². The first-order valence-electron chi connectivity index (χ1n) is 5.02. The Balaban J connectivity index is 2.36. The molecule has 1 aliphatic rings. The van der Waals surface area contributed by atoms with Crippen LogP contribution in [0.5, 0.6) is 0 Å². The molecule has 1 aliphatic carbocycles. The molecule has 1 aromatic carbocycles. The van der Waals surface area contributed by atoms with Crippen LogP contribution in [0.4, 0.5) is 0 Å². The molecule has 0 saturated heterocycles. The second-order valence-electron chi connectivity index (χ2n) is 4.10. The van der Waals surface area contributed by atoms with Crippen molar-refractivity contribution in [2.75, 3.05) is 0 Å². The van der Waals surface area contributed by atoms with Crippen LogP contribution in [0.1, 0.15) is 37.0 Å². The lowest BCUT2D eigenvalue weighted by Gasteiger charge is -2.00. The first-order valence-corrected chi connectivity index (χ1v) is 5.02. The van der Waals surface area contributed by atoms with E-state index in [1.165, 1.54) is 30.4 Å². The minimum absolute atomic E-state index is 1.28. The second-order valence-corrected chi connectivity index (χ2v) is 4.10. The molecule has 0 nitrogen and oxygen atoms in total. The first kappa shape index (κ1) is 8.55. The zero-order valence-corrected chi connectivity index (χ0v) is 8.43. The molecular formula is C13H16. The number of rotatable bonds is 1. The van der Waals surface area contributed by atoms with Crippen molar-refractivity contribution in [3.63, 3.8) is 0 Å². The molecule has 0 spiro atoms. The Morgan fingerprint density at radius 3 is 2.69 bits per heavy atom. The molecule has 0 aliphatic heterocycles. The highest BCUT2D eigenvalue weighted by molar-refractivity contribution is 5.54. The average Bonchev–Trinajstić information content (AvgIpc) is 2.49. The van der Waals surface area contributed by atoms with Crippen molar-refractivity contribution in [3.8, 4) is 0 Å². The maximum absolute atomic E-state index is 2.34. The number of hydrogen-bond donors (Lipinski definition) is 0. The van der Waals surface area contributed by atoms with Crippen LogP contribution in [0, 0.1) is 0 Å². The van der Waals surface area contributed by atoms with Crippen molar-refractivity contribution in [1.82, 2.24) is 0 Å². The summed E-state index contributed by atoms with van der Waals surface area (Å²) in [5, 5.41) is 0. The zero-order valence-electron chi connectivity index (χ0n) is 8.43. The SMILES string of the molecule is CC(C)=Cc1ccc2c(c1)CCC2. The maximum Gasteiger partial charge on any atom is -0.0254 e. The molecule has 0 saturated carbocycles. The van der Waals surface area contributed by atoms with Gasteiger partial charge in [-0.25, -0.2) is 0 Å². The van der Waals surface area contributed by atoms with Gasteiger partial charge in [0.1, 0.15) is 0 Å². The summed E-state index contributed by atoms with van der Waals surface area (Å²) in [7, 11) is 0. The molecule has 2 rings (SSSR count). The molecule has 68 valence electrons. The van der Waals surface area contributed by atoms with Gasteiger partial charge in [0, 0.05) is 0 Å². The molecule has 0 aromatic heterocycles. The van der Waals surface area contributed by atoms with Crippen molar-refractivity contribution >= 4 is 6.08 Å². The van der Waals surface area contributed by atoms with Gasteiger partial charge in [-0.15, -0.1) is 0 Å². The predicted octanol–water partition coefficient (Wildman–Crippen LogP) is 3.60. The maximum atomic E-state index is 2.34. The number of benzene rings is 1. The fourth-order valence-corrected chi connectivity index (χ4v) is 2.01. The van der Waals surface area contributed by atoms with Crippen molar-refractivity contribution < 1.29 is 0 Å². The lowest BCUT2D eigenvalue weighted by Crippen LogP contribution is -1.83. The molecule has 0 unspecified atom stereocenters. The van der Waals surface area contributed by atoms with Gasteiger partial charge in [-0.2, -0.15) is 0 Å². The lowest BCUT2D eigenvalue weighted by atomic mass is 10.1. The van der Waals surface area contributed by atoms with Gasteiger partial charge >= 0.3 is 0 Å². The predicted molar refractivity (Wildman–Crippen MR) is 57.8 cm³/mol. The van der Waals surface area contributed by atoms with Gasteiger partial charge in [-0.1, -0.05) is 29.8 Å². The third kappa shape index (κ3) is 1.82. The van der Waals surface area contributed by atoms with E-state index in [4.69, 9.17) is 0 Å². The van der Waals surface area contributed by atoms with Gasteiger partial charge in [0.2, 0.25) is 0 Å². The minimum Gasteiger partial charge on any atom is -0.0758 e. The number of hydrogen-bond acceptors (Lipinski definition) is 0. The Morgan fingerprint density at radius 1 is 1.15 bits per heavy atom. The van der Waals surface area contributed by atoms with Crippen LogP contribution < -0.4 is 0 Å². The molecule has 0 heterocycles. The van der Waals surface area contributed by atoms with Gasteiger partial charge in [0.25, 0.3) is 0 Å². The number of fused-ring (bicyclic) bond motifs is 1. The molecule has 1 aromatic rings. The summed E-state index contributed by atoms with van der Waals surface area (Å²) >= 11 is 0. The molecule has 0 amide bonds. The summed E-state index contributed by atoms with van der Waals surface area (Å²) in [6.45, 7) is 4.29. The molecular weight excluding hydrogens is 156 g/mol. The van der Waals surface area contributed by atoms with Gasteiger partial charge in [-0.05, 0) is 49.8 Å². The zero-order chi connectivity index (χ0) is 9.26. The van der Waals surface area contributed by atoms with Crippen LogP contribution in [0.3, 0.4) is 0 Å². The van der Waals surface area contributed by atoms with Gasteiger partial charge < -0.3 is 0 Å². The molecule has 0 fully saturated rings. The summed E-state index contributed by atoms with van der Waals surface area (Å²) in [4.78, 5) is 0. The fraction of sp³-hybridized carbons (Fsp3) is 0.385. The summed E-state index contributed by atoms with van der Waals surface area (Å²) in [5.41, 5.74) is 5.86. The highest BCUT2D eigenvalue weighted by Gasteiger charge is 2.09. The van der Waals surface area contributed by atoms with Crippen molar-refractivity contribution in [2.45, 2.75) is 33.1 Å². The fourth-order valence-electron chi connectivity index (χ4n) is 2.01. The standard InChI is InChI=1S/C13H16/c1-10(2)8-11-6-7-12-4-3-5-13(12)9-11/h6-9H,3-5H2,1-2H3. The van der Waals surface area contributed by atoms with E-state index in [-0.39, 0.29) is 0 Å². The molecule has 0 N–H and O–H groups in total. The summed E-state index contributed by atoms with van der Waals surface area (Å²) < 4.78 is 0. The summed E-state index contributed by atoms with van der Waals surface area (Å²) in [6, 6.07) is 6.86. The smallest absolute Gasteiger partial charge is 0.0254 e. The van der Waals surface area contributed by atoms with Crippen molar-refractivity contribution in [1.29, 1.82) is 0 Å².